The van der Waals surface area contributed by atoms with E-state index in [0.29, 0.717) is 22.8 Å². The summed E-state index contributed by atoms with van der Waals surface area (Å²) in [6.45, 7) is 3.91. The van der Waals surface area contributed by atoms with Crippen LogP contribution in [0.4, 0.5) is 5.69 Å². The predicted octanol–water partition coefficient (Wildman–Crippen LogP) is 0.962. The van der Waals surface area contributed by atoms with Crippen LogP contribution in [0.2, 0.25) is 0 Å². The van der Waals surface area contributed by atoms with Crippen molar-refractivity contribution in [1.82, 2.24) is 14.8 Å². The van der Waals surface area contributed by atoms with E-state index in [4.69, 9.17) is 14.5 Å². The Morgan fingerprint density at radius 2 is 1.94 bits per heavy atom. The normalized spacial score (nSPS) is 25.4. The number of hydrogen-bond donors (Lipinski definition) is 5. The van der Waals surface area contributed by atoms with Gasteiger partial charge in [0.15, 0.2) is 27.2 Å². The zero-order valence-electron chi connectivity index (χ0n) is 20.0. The second kappa shape index (κ2) is 10.4. The molecule has 12 nitrogen and oxygen atoms in total. The van der Waals surface area contributed by atoms with Gasteiger partial charge in [-0.3, -0.25) is 4.57 Å². The largest absolute Gasteiger partial charge is 0.387 e. The number of fused-ring (bicyclic) bond motifs is 1. The Morgan fingerprint density at radius 3 is 2.58 bits per heavy atom. The highest BCUT2D eigenvalue weighted by Gasteiger charge is 2.47. The fourth-order valence-corrected chi connectivity index (χ4v) is 7.77. The van der Waals surface area contributed by atoms with Gasteiger partial charge in [0.05, 0.1) is 17.3 Å². The average Bonchev–Trinajstić information content (AvgIpc) is 3.47. The molecule has 1 aliphatic carbocycles. The molecule has 14 heteroatoms. The highest BCUT2D eigenvalue weighted by molar-refractivity contribution is 7.97. The number of sulfone groups is 1. The van der Waals surface area contributed by atoms with Crippen molar-refractivity contribution in [3.63, 3.8) is 0 Å². The van der Waals surface area contributed by atoms with Crippen molar-refractivity contribution in [2.45, 2.75) is 70.1 Å². The maximum absolute atomic E-state index is 12.2. The van der Waals surface area contributed by atoms with E-state index < -0.39 is 53.2 Å². The molecule has 0 bridgehead atoms. The van der Waals surface area contributed by atoms with E-state index in [9.17, 15) is 23.2 Å². The summed E-state index contributed by atoms with van der Waals surface area (Å²) in [6, 6.07) is 2.14. The maximum Gasteiger partial charge on any atom is 0.340 e. The van der Waals surface area contributed by atoms with Crippen LogP contribution in [0.15, 0.2) is 12.3 Å². The fraction of sp³-hybridized carbons (Fsp3) is 0.636. The van der Waals surface area contributed by atoms with Gasteiger partial charge in [-0.25, -0.2) is 18.1 Å². The summed E-state index contributed by atoms with van der Waals surface area (Å²) in [5, 5.41) is 29.7. The van der Waals surface area contributed by atoms with Crippen molar-refractivity contribution in [2.75, 3.05) is 16.6 Å². The first-order chi connectivity index (χ1) is 16.8. The molecule has 3 heterocycles. The predicted molar refractivity (Wildman–Crippen MR) is 132 cm³/mol. The molecule has 2 aliphatic rings. The summed E-state index contributed by atoms with van der Waals surface area (Å²) < 4.78 is 42.6. The van der Waals surface area contributed by atoms with Gasteiger partial charge in [0.25, 0.3) is 0 Å². The van der Waals surface area contributed by atoms with Gasteiger partial charge in [0.1, 0.15) is 24.0 Å². The van der Waals surface area contributed by atoms with Crippen LogP contribution in [0.3, 0.4) is 0 Å². The Bertz CT molecular complexity index is 1320. The zero-order chi connectivity index (χ0) is 26.3. The lowest BCUT2D eigenvalue weighted by Gasteiger charge is -2.17. The molecule has 2 aromatic heterocycles. The number of anilines is 1. The Labute approximate surface area is 209 Å². The number of nitrogens with zero attached hydrogens (tertiary/aromatic N) is 3. The summed E-state index contributed by atoms with van der Waals surface area (Å²) in [4.78, 5) is 22.7. The Balaban J connectivity index is 1.67. The first-order valence-corrected chi connectivity index (χ1v) is 15.4. The van der Waals surface area contributed by atoms with Gasteiger partial charge in [0, 0.05) is 17.6 Å². The lowest BCUT2D eigenvalue weighted by Crippen LogP contribution is -2.36. The fourth-order valence-electron chi connectivity index (χ4n) is 4.52. The van der Waals surface area contributed by atoms with Gasteiger partial charge in [-0.15, -0.1) is 0 Å². The van der Waals surface area contributed by atoms with Crippen LogP contribution in [0.5, 0.6) is 0 Å². The number of nitrogens with one attached hydrogen (secondary N) is 1. The minimum Gasteiger partial charge on any atom is -0.387 e. The molecule has 1 saturated heterocycles. The molecular weight excluding hydrogens is 511 g/mol. The van der Waals surface area contributed by atoms with Gasteiger partial charge >= 0.3 is 7.60 Å². The zero-order valence-corrected chi connectivity index (χ0v) is 21.7. The van der Waals surface area contributed by atoms with Crippen LogP contribution in [-0.4, -0.2) is 78.8 Å². The van der Waals surface area contributed by atoms with Crippen molar-refractivity contribution >= 4 is 34.2 Å². The second-order valence-electron chi connectivity index (χ2n) is 9.68. The lowest BCUT2D eigenvalue weighted by molar-refractivity contribution is -0.0364. The molecule has 36 heavy (non-hydrogen) atoms. The second-order valence-corrected chi connectivity index (χ2v) is 13.9. The topological polar surface area (TPSA) is 184 Å². The van der Waals surface area contributed by atoms with Gasteiger partial charge in [-0.1, -0.05) is 32.6 Å². The summed E-state index contributed by atoms with van der Waals surface area (Å²) in [5.41, 5.74) is 0.210. The van der Waals surface area contributed by atoms with E-state index >= 15 is 0 Å². The first-order valence-electron chi connectivity index (χ1n) is 11.8. The minimum absolute atomic E-state index is 0.115. The number of aromatic nitrogens is 3. The number of ether oxygens (including phenoxy) is 1. The van der Waals surface area contributed by atoms with Crippen LogP contribution in [0.1, 0.15) is 51.5 Å². The molecular formula is C22H31N4O8PS. The molecule has 0 aromatic carbocycles. The van der Waals surface area contributed by atoms with Gasteiger partial charge in [-0.05, 0) is 24.8 Å². The number of aliphatic hydroxyl groups excluding tert-OH is 2. The summed E-state index contributed by atoms with van der Waals surface area (Å²) >= 11 is 0. The third-order valence-corrected chi connectivity index (χ3v) is 9.89. The van der Waals surface area contributed by atoms with Gasteiger partial charge in [-0.2, -0.15) is 5.10 Å². The highest BCUT2D eigenvalue weighted by Crippen LogP contribution is 2.38. The standard InChI is InChI=1S/C22H31N4O8PS/c1-13(2)7-8-15-9-17(24-14-5-3-4-6-14)16-10-23-26(21(16)25-15)22-20(28)19(27)18(34-22)11-36(32,33)12-35(29,30)31/h9-10,13-14,18-20,22,27-28H,3-6,11-12H2,1-2H3,(H,24,25)(H2,29,30,31)/t18-,19-,20-,22-/m1/s1. The van der Waals surface area contributed by atoms with Crippen molar-refractivity contribution < 1.29 is 37.7 Å². The molecule has 4 atom stereocenters. The summed E-state index contributed by atoms with van der Waals surface area (Å²) in [6.07, 6.45) is 0.0316. The van der Waals surface area contributed by atoms with E-state index in [-0.39, 0.29) is 5.92 Å². The van der Waals surface area contributed by atoms with Crippen molar-refractivity contribution in [2.24, 2.45) is 5.92 Å². The summed E-state index contributed by atoms with van der Waals surface area (Å²) in [7, 11) is -9.14. The number of hydrogen-bond acceptors (Lipinski definition) is 9. The van der Waals surface area contributed by atoms with Crippen molar-refractivity contribution in [1.29, 1.82) is 0 Å². The van der Waals surface area contributed by atoms with Crippen LogP contribution in [0, 0.1) is 17.8 Å². The van der Waals surface area contributed by atoms with E-state index in [2.05, 4.69) is 27.2 Å². The number of pyridine rings is 1. The Morgan fingerprint density at radius 1 is 1.25 bits per heavy atom. The maximum atomic E-state index is 12.2. The molecule has 0 spiro atoms. The molecule has 0 unspecified atom stereocenters. The van der Waals surface area contributed by atoms with Crippen LogP contribution >= 0.6 is 7.60 Å². The third-order valence-electron chi connectivity index (χ3n) is 6.13. The number of rotatable bonds is 7. The highest BCUT2D eigenvalue weighted by atomic mass is 32.2. The van der Waals surface area contributed by atoms with Crippen LogP contribution in [-0.2, 0) is 19.1 Å². The Hall–Kier alpha value is -2.04. The van der Waals surface area contributed by atoms with Crippen molar-refractivity contribution in [3.8, 4) is 11.8 Å². The van der Waals surface area contributed by atoms with E-state index in [0.717, 1.165) is 31.4 Å². The third kappa shape index (κ3) is 6.26. The smallest absolute Gasteiger partial charge is 0.340 e. The molecule has 198 valence electrons. The van der Waals surface area contributed by atoms with E-state index in [1.165, 1.54) is 4.68 Å². The average molecular weight is 543 g/mol. The minimum atomic E-state index is -4.85. The van der Waals surface area contributed by atoms with Crippen molar-refractivity contribution in [3.05, 3.63) is 18.0 Å². The quantitative estimate of drug-likeness (QED) is 0.248. The molecule has 0 amide bonds. The molecule has 1 aliphatic heterocycles. The van der Waals surface area contributed by atoms with Crippen LogP contribution in [0.25, 0.3) is 11.0 Å². The van der Waals surface area contributed by atoms with Crippen LogP contribution < -0.4 is 5.32 Å². The Kier molecular flexibility index (Phi) is 7.78. The number of aliphatic hydroxyl groups is 2. The van der Waals surface area contributed by atoms with Gasteiger partial charge < -0.3 is 30.1 Å². The molecule has 4 rings (SSSR count). The molecule has 0 radical (unpaired) electrons. The molecule has 1 saturated carbocycles. The van der Waals surface area contributed by atoms with E-state index in [1.54, 1.807) is 6.20 Å². The molecule has 2 fully saturated rings. The van der Waals surface area contributed by atoms with E-state index in [1.807, 2.05) is 19.9 Å². The first kappa shape index (κ1) is 27.0. The molecule has 2 aromatic rings. The SMILES string of the molecule is CC(C)C#Cc1cc(NC2CCCC2)c2cnn([C@@H]3O[C@H](CS(=O)(=O)CP(=O)(O)O)[C@@H](O)[C@H]3O)c2n1. The lowest BCUT2D eigenvalue weighted by atomic mass is 10.1. The van der Waals surface area contributed by atoms with Gasteiger partial charge in [0.2, 0.25) is 0 Å². The monoisotopic (exact) mass is 542 g/mol. The molecule has 5 N–H and O–H groups in total. The summed E-state index contributed by atoms with van der Waals surface area (Å²) in [5.74, 6) is 5.36.